The van der Waals surface area contributed by atoms with Crippen LogP contribution in [0.4, 0.5) is 8.78 Å². The lowest BCUT2D eigenvalue weighted by atomic mass is 10.1. The highest BCUT2D eigenvalue weighted by molar-refractivity contribution is 5.76. The first kappa shape index (κ1) is 9.12. The van der Waals surface area contributed by atoms with Crippen LogP contribution in [0, 0.1) is 11.7 Å². The lowest BCUT2D eigenvalue weighted by Crippen LogP contribution is -2.09. The van der Waals surface area contributed by atoms with Gasteiger partial charge in [0.05, 0.1) is 5.92 Å². The number of alkyl halides is 1. The van der Waals surface area contributed by atoms with Crippen molar-refractivity contribution in [2.45, 2.75) is 12.1 Å². The molecule has 1 aliphatic rings. The van der Waals surface area contributed by atoms with E-state index in [0.29, 0.717) is 0 Å². The zero-order valence-electron chi connectivity index (χ0n) is 7.21. The molecule has 74 valence electrons. The zero-order valence-corrected chi connectivity index (χ0v) is 7.21. The molecule has 1 saturated carbocycles. The third-order valence-corrected chi connectivity index (χ3v) is 2.50. The van der Waals surface area contributed by atoms with Crippen molar-refractivity contribution in [3.8, 4) is 0 Å². The van der Waals surface area contributed by atoms with E-state index in [1.807, 2.05) is 0 Å². The van der Waals surface area contributed by atoms with Crippen molar-refractivity contribution in [1.82, 2.24) is 0 Å². The summed E-state index contributed by atoms with van der Waals surface area (Å²) >= 11 is 0. The smallest absolute Gasteiger partial charge is 0.310 e. The third kappa shape index (κ3) is 1.27. The van der Waals surface area contributed by atoms with Gasteiger partial charge in [0.15, 0.2) is 0 Å². The number of hydrogen-bond acceptors (Lipinski definition) is 1. The summed E-state index contributed by atoms with van der Waals surface area (Å²) in [4.78, 5) is 10.5. The Labute approximate surface area is 79.2 Å². The molecule has 0 heterocycles. The van der Waals surface area contributed by atoms with Gasteiger partial charge in [-0.2, -0.15) is 0 Å². The molecule has 0 aromatic heterocycles. The molecule has 1 aromatic carbocycles. The van der Waals surface area contributed by atoms with Crippen molar-refractivity contribution in [3.05, 3.63) is 35.6 Å². The van der Waals surface area contributed by atoms with Gasteiger partial charge in [-0.25, -0.2) is 8.78 Å². The van der Waals surface area contributed by atoms with Crippen molar-refractivity contribution in [2.24, 2.45) is 5.92 Å². The average molecular weight is 198 g/mol. The number of carboxylic acids is 1. The summed E-state index contributed by atoms with van der Waals surface area (Å²) in [5, 5.41) is 8.59. The molecule has 0 aliphatic heterocycles. The van der Waals surface area contributed by atoms with Crippen LogP contribution in [0.1, 0.15) is 12.0 Å². The quantitative estimate of drug-likeness (QED) is 0.790. The van der Waals surface area contributed by atoms with Crippen LogP contribution in [-0.2, 0) is 10.5 Å². The predicted molar refractivity (Wildman–Crippen MR) is 44.9 cm³/mol. The first-order valence-corrected chi connectivity index (χ1v) is 4.22. The van der Waals surface area contributed by atoms with E-state index in [9.17, 15) is 13.6 Å². The molecular formula is C10H8F2O2. The Morgan fingerprint density at radius 2 is 2.29 bits per heavy atom. The number of rotatable bonds is 2. The first-order valence-electron chi connectivity index (χ1n) is 4.22. The van der Waals surface area contributed by atoms with Crippen LogP contribution >= 0.6 is 0 Å². The largest absolute Gasteiger partial charge is 0.481 e. The van der Waals surface area contributed by atoms with Gasteiger partial charge in [0.1, 0.15) is 11.5 Å². The summed E-state index contributed by atoms with van der Waals surface area (Å²) in [5.74, 6) is -2.74. The average Bonchev–Trinajstić information content (AvgIpc) is 2.80. The minimum absolute atomic E-state index is 0.0637. The molecular weight excluding hydrogens is 190 g/mol. The predicted octanol–water partition coefficient (Wildman–Crippen LogP) is 2.09. The summed E-state index contributed by atoms with van der Waals surface area (Å²) in [6, 6.07) is 5.03. The maximum Gasteiger partial charge on any atom is 0.310 e. The molecule has 1 fully saturated rings. The second-order valence-electron chi connectivity index (χ2n) is 3.47. The van der Waals surface area contributed by atoms with Crippen molar-refractivity contribution < 1.29 is 18.7 Å². The highest BCUT2D eigenvalue weighted by atomic mass is 19.1. The standard InChI is InChI=1S/C10H8F2O2/c11-7-3-1-2-6(4-7)10(12)5-8(10)9(13)14/h1-4,8H,5H2,(H,13,14)/t8-,10-/m0/s1. The Morgan fingerprint density at radius 1 is 1.57 bits per heavy atom. The molecule has 0 bridgehead atoms. The summed E-state index contributed by atoms with van der Waals surface area (Å²) in [6.45, 7) is 0. The van der Waals surface area contributed by atoms with Gasteiger partial charge in [-0.05, 0) is 17.7 Å². The van der Waals surface area contributed by atoms with Gasteiger partial charge < -0.3 is 5.11 Å². The van der Waals surface area contributed by atoms with E-state index in [-0.39, 0.29) is 12.0 Å². The van der Waals surface area contributed by atoms with Gasteiger partial charge in [0, 0.05) is 6.42 Å². The molecule has 0 radical (unpaired) electrons. The van der Waals surface area contributed by atoms with Gasteiger partial charge in [-0.15, -0.1) is 0 Å². The molecule has 0 unspecified atom stereocenters. The van der Waals surface area contributed by atoms with E-state index in [2.05, 4.69) is 0 Å². The van der Waals surface area contributed by atoms with Gasteiger partial charge in [-0.1, -0.05) is 12.1 Å². The van der Waals surface area contributed by atoms with Gasteiger partial charge in [-0.3, -0.25) is 4.79 Å². The fourth-order valence-corrected chi connectivity index (χ4v) is 1.59. The van der Waals surface area contributed by atoms with Crippen LogP contribution in [0.15, 0.2) is 24.3 Å². The van der Waals surface area contributed by atoms with Gasteiger partial charge in [0.25, 0.3) is 0 Å². The number of hydrogen-bond donors (Lipinski definition) is 1. The molecule has 2 atom stereocenters. The van der Waals surface area contributed by atoms with Crippen molar-refractivity contribution in [2.75, 3.05) is 0 Å². The van der Waals surface area contributed by atoms with Crippen molar-refractivity contribution >= 4 is 5.97 Å². The Balaban J connectivity index is 2.30. The Morgan fingerprint density at radius 3 is 2.79 bits per heavy atom. The minimum Gasteiger partial charge on any atom is -0.481 e. The summed E-state index contributed by atoms with van der Waals surface area (Å²) < 4.78 is 26.5. The van der Waals surface area contributed by atoms with Gasteiger partial charge in [0.2, 0.25) is 0 Å². The van der Waals surface area contributed by atoms with Crippen molar-refractivity contribution in [3.63, 3.8) is 0 Å². The summed E-state index contributed by atoms with van der Waals surface area (Å²) in [7, 11) is 0. The maximum absolute atomic E-state index is 13.8. The highest BCUT2D eigenvalue weighted by Crippen LogP contribution is 2.55. The van der Waals surface area contributed by atoms with E-state index >= 15 is 0 Å². The van der Waals surface area contributed by atoms with Crippen molar-refractivity contribution in [1.29, 1.82) is 0 Å². The first-order chi connectivity index (χ1) is 6.54. The van der Waals surface area contributed by atoms with E-state index in [1.165, 1.54) is 18.2 Å². The van der Waals surface area contributed by atoms with Gasteiger partial charge >= 0.3 is 5.97 Å². The number of carbonyl (C=O) groups is 1. The minimum atomic E-state index is -1.87. The monoisotopic (exact) mass is 198 g/mol. The van der Waals surface area contributed by atoms with Crippen LogP contribution in [0.3, 0.4) is 0 Å². The topological polar surface area (TPSA) is 37.3 Å². The van der Waals surface area contributed by atoms with Crippen LogP contribution < -0.4 is 0 Å². The highest BCUT2D eigenvalue weighted by Gasteiger charge is 2.61. The third-order valence-electron chi connectivity index (χ3n) is 2.50. The molecule has 0 saturated heterocycles. The molecule has 14 heavy (non-hydrogen) atoms. The Bertz CT molecular complexity index is 391. The molecule has 0 spiro atoms. The SMILES string of the molecule is O=C(O)[C@@H]1C[C@]1(F)c1cccc(F)c1. The summed E-state index contributed by atoms with van der Waals surface area (Å²) in [6.07, 6.45) is -0.0637. The molecule has 1 N–H and O–H groups in total. The van der Waals surface area contributed by atoms with Crippen LogP contribution in [0.25, 0.3) is 0 Å². The van der Waals surface area contributed by atoms with E-state index < -0.39 is 23.4 Å². The molecule has 2 rings (SSSR count). The van der Waals surface area contributed by atoms with Crippen LogP contribution in [0.2, 0.25) is 0 Å². The Kier molecular flexibility index (Phi) is 1.80. The van der Waals surface area contributed by atoms with E-state index in [1.54, 1.807) is 0 Å². The molecule has 0 amide bonds. The van der Waals surface area contributed by atoms with Crippen LogP contribution in [-0.4, -0.2) is 11.1 Å². The molecule has 2 nitrogen and oxygen atoms in total. The molecule has 4 heteroatoms. The summed E-state index contributed by atoms with van der Waals surface area (Å²) in [5.41, 5.74) is -1.75. The molecule has 1 aliphatic carbocycles. The van der Waals surface area contributed by atoms with E-state index in [0.717, 1.165) is 6.07 Å². The fourth-order valence-electron chi connectivity index (χ4n) is 1.59. The normalized spacial score (nSPS) is 30.0. The number of halogens is 2. The second-order valence-corrected chi connectivity index (χ2v) is 3.47. The Hall–Kier alpha value is -1.45. The number of carboxylic acid groups (broad SMARTS) is 1. The molecule has 1 aromatic rings. The fraction of sp³-hybridized carbons (Fsp3) is 0.300. The zero-order chi connectivity index (χ0) is 10.3. The van der Waals surface area contributed by atoms with Crippen LogP contribution in [0.5, 0.6) is 0 Å². The lowest BCUT2D eigenvalue weighted by molar-refractivity contribution is -0.139. The maximum atomic E-state index is 13.8. The number of benzene rings is 1. The number of aliphatic carboxylic acids is 1. The lowest BCUT2D eigenvalue weighted by Gasteiger charge is -2.05. The second kappa shape index (κ2) is 2.77. The van der Waals surface area contributed by atoms with E-state index in [4.69, 9.17) is 5.11 Å².